The number of primary sulfonamides is 1. The molecule has 0 unspecified atom stereocenters. The van der Waals surface area contributed by atoms with Crippen LogP contribution in [0.25, 0.3) is 0 Å². The Kier molecular flexibility index (Phi) is 2.98. The molecule has 0 fully saturated rings. The van der Waals surface area contributed by atoms with E-state index in [2.05, 4.69) is 0 Å². The van der Waals surface area contributed by atoms with Gasteiger partial charge in [-0.2, -0.15) is 0 Å². The highest BCUT2D eigenvalue weighted by atomic mass is 32.2. The number of aliphatic hydroxyl groups is 2. The van der Waals surface area contributed by atoms with E-state index < -0.39 is 22.2 Å². The van der Waals surface area contributed by atoms with Crippen LogP contribution >= 0.6 is 11.3 Å². The number of nitrogens with two attached hydrogens (primary N) is 1. The number of hydrogen-bond acceptors (Lipinski definition) is 5. The summed E-state index contributed by atoms with van der Waals surface area (Å²) in [7, 11) is -3.72. The van der Waals surface area contributed by atoms with Crippen LogP contribution in [0.2, 0.25) is 0 Å². The number of aliphatic hydroxyl groups excluding tert-OH is 1. The van der Waals surface area contributed by atoms with E-state index in [-0.39, 0.29) is 4.21 Å². The topological polar surface area (TPSA) is 101 Å². The summed E-state index contributed by atoms with van der Waals surface area (Å²) in [4.78, 5) is 0.365. The lowest BCUT2D eigenvalue weighted by Crippen LogP contribution is -2.24. The average Bonchev–Trinajstić information content (AvgIpc) is 2.51. The van der Waals surface area contributed by atoms with Crippen molar-refractivity contribution in [1.29, 1.82) is 0 Å². The molecule has 0 saturated carbocycles. The summed E-state index contributed by atoms with van der Waals surface area (Å²) in [5.41, 5.74) is -1.42. The monoisotopic (exact) mass is 237 g/mol. The Bertz CT molecular complexity index is 421. The first-order valence-electron chi connectivity index (χ1n) is 3.74. The SMILES string of the molecule is C[C@@](O)(CO)c1ccc(S(N)(=O)=O)s1. The molecule has 1 atom stereocenters. The maximum absolute atomic E-state index is 10.9. The molecule has 14 heavy (non-hydrogen) atoms. The predicted molar refractivity (Wildman–Crippen MR) is 52.3 cm³/mol. The fourth-order valence-corrected chi connectivity index (χ4v) is 2.61. The van der Waals surface area contributed by atoms with Gasteiger partial charge in [0.25, 0.3) is 0 Å². The van der Waals surface area contributed by atoms with E-state index in [1.54, 1.807) is 0 Å². The van der Waals surface area contributed by atoms with E-state index in [9.17, 15) is 13.5 Å². The van der Waals surface area contributed by atoms with Crippen molar-refractivity contribution >= 4 is 21.4 Å². The minimum atomic E-state index is -3.72. The second-order valence-electron chi connectivity index (χ2n) is 3.10. The van der Waals surface area contributed by atoms with Gasteiger partial charge in [-0.1, -0.05) is 0 Å². The molecule has 0 aliphatic rings. The van der Waals surface area contributed by atoms with Crippen LogP contribution in [0, 0.1) is 0 Å². The number of thiophene rings is 1. The molecule has 80 valence electrons. The fraction of sp³-hybridized carbons (Fsp3) is 0.429. The van der Waals surface area contributed by atoms with E-state index >= 15 is 0 Å². The first kappa shape index (κ1) is 11.6. The summed E-state index contributed by atoms with van der Waals surface area (Å²) in [6.45, 7) is 0.920. The summed E-state index contributed by atoms with van der Waals surface area (Å²) < 4.78 is 21.8. The second-order valence-corrected chi connectivity index (χ2v) is 5.97. The predicted octanol–water partition coefficient (Wildman–Crippen LogP) is -0.405. The summed E-state index contributed by atoms with van der Waals surface area (Å²) in [5, 5.41) is 23.3. The van der Waals surface area contributed by atoms with Crippen LogP contribution in [-0.2, 0) is 15.6 Å². The van der Waals surface area contributed by atoms with Gasteiger partial charge in [-0.05, 0) is 19.1 Å². The zero-order valence-electron chi connectivity index (χ0n) is 7.47. The van der Waals surface area contributed by atoms with Gasteiger partial charge in [0.2, 0.25) is 10.0 Å². The van der Waals surface area contributed by atoms with Crippen molar-refractivity contribution in [3.05, 3.63) is 17.0 Å². The molecule has 0 aliphatic heterocycles. The molecule has 0 spiro atoms. The molecule has 1 aromatic rings. The third kappa shape index (κ3) is 2.31. The summed E-state index contributed by atoms with van der Waals surface area (Å²) in [6, 6.07) is 2.74. The van der Waals surface area contributed by atoms with Gasteiger partial charge in [0, 0.05) is 4.88 Å². The van der Waals surface area contributed by atoms with Gasteiger partial charge in [0.15, 0.2) is 0 Å². The molecule has 0 saturated heterocycles. The Hall–Kier alpha value is -0.470. The summed E-state index contributed by atoms with van der Waals surface area (Å²) >= 11 is 0.848. The Morgan fingerprint density at radius 1 is 1.57 bits per heavy atom. The summed E-state index contributed by atoms with van der Waals surface area (Å²) in [5.74, 6) is 0. The van der Waals surface area contributed by atoms with Gasteiger partial charge in [-0.3, -0.25) is 0 Å². The zero-order chi connectivity index (χ0) is 11.0. The molecule has 0 bridgehead atoms. The lowest BCUT2D eigenvalue weighted by atomic mass is 10.1. The molecule has 0 aromatic carbocycles. The second kappa shape index (κ2) is 3.59. The van der Waals surface area contributed by atoms with Gasteiger partial charge < -0.3 is 10.2 Å². The lowest BCUT2D eigenvalue weighted by molar-refractivity contribution is 0.000792. The van der Waals surface area contributed by atoms with Crippen molar-refractivity contribution in [1.82, 2.24) is 0 Å². The van der Waals surface area contributed by atoms with Crippen molar-refractivity contribution in [3.8, 4) is 0 Å². The van der Waals surface area contributed by atoms with Gasteiger partial charge in [-0.15, -0.1) is 11.3 Å². The van der Waals surface area contributed by atoms with Crippen LogP contribution in [0.5, 0.6) is 0 Å². The van der Waals surface area contributed by atoms with Crippen LogP contribution < -0.4 is 5.14 Å². The molecule has 1 aromatic heterocycles. The lowest BCUT2D eigenvalue weighted by Gasteiger charge is -2.17. The van der Waals surface area contributed by atoms with Gasteiger partial charge in [0.05, 0.1) is 6.61 Å². The first-order valence-corrected chi connectivity index (χ1v) is 6.10. The van der Waals surface area contributed by atoms with E-state index in [0.29, 0.717) is 4.88 Å². The van der Waals surface area contributed by atoms with Crippen molar-refractivity contribution < 1.29 is 18.6 Å². The quantitative estimate of drug-likeness (QED) is 0.665. The van der Waals surface area contributed by atoms with Crippen molar-refractivity contribution in [3.63, 3.8) is 0 Å². The van der Waals surface area contributed by atoms with Crippen molar-refractivity contribution in [2.24, 2.45) is 5.14 Å². The Morgan fingerprint density at radius 3 is 2.50 bits per heavy atom. The van der Waals surface area contributed by atoms with E-state index in [1.165, 1.54) is 19.1 Å². The van der Waals surface area contributed by atoms with Gasteiger partial charge in [-0.25, -0.2) is 13.6 Å². The number of rotatable bonds is 3. The molecular weight excluding hydrogens is 226 g/mol. The Labute approximate surface area is 85.9 Å². The van der Waals surface area contributed by atoms with Crippen LogP contribution in [0.15, 0.2) is 16.3 Å². The smallest absolute Gasteiger partial charge is 0.247 e. The molecular formula is C7H11NO4S2. The Morgan fingerprint density at radius 2 is 2.14 bits per heavy atom. The minimum absolute atomic E-state index is 0.0266. The third-order valence-electron chi connectivity index (χ3n) is 1.70. The largest absolute Gasteiger partial charge is 0.393 e. The Balaban J connectivity index is 3.13. The van der Waals surface area contributed by atoms with Gasteiger partial charge in [0.1, 0.15) is 9.81 Å². The highest BCUT2D eigenvalue weighted by Crippen LogP contribution is 2.29. The molecule has 4 N–H and O–H groups in total. The zero-order valence-corrected chi connectivity index (χ0v) is 9.10. The maximum Gasteiger partial charge on any atom is 0.247 e. The van der Waals surface area contributed by atoms with Crippen LogP contribution in [0.1, 0.15) is 11.8 Å². The van der Waals surface area contributed by atoms with E-state index in [1.807, 2.05) is 0 Å². The number of hydrogen-bond donors (Lipinski definition) is 3. The molecule has 1 rings (SSSR count). The first-order chi connectivity index (χ1) is 6.27. The molecule has 1 heterocycles. The third-order valence-corrected chi connectivity index (χ3v) is 4.48. The highest BCUT2D eigenvalue weighted by molar-refractivity contribution is 7.91. The molecule has 7 heteroatoms. The van der Waals surface area contributed by atoms with Crippen LogP contribution in [0.3, 0.4) is 0 Å². The molecule has 0 amide bonds. The maximum atomic E-state index is 10.9. The van der Waals surface area contributed by atoms with Crippen molar-refractivity contribution in [2.45, 2.75) is 16.7 Å². The highest BCUT2D eigenvalue weighted by Gasteiger charge is 2.25. The van der Waals surface area contributed by atoms with Gasteiger partial charge >= 0.3 is 0 Å². The standard InChI is InChI=1S/C7H11NO4S2/c1-7(10,4-9)5-2-3-6(13-5)14(8,11)12/h2-3,9-10H,4H2,1H3,(H2,8,11,12)/t7-/m1/s1. The molecule has 5 nitrogen and oxygen atoms in total. The van der Waals surface area contributed by atoms with Crippen LogP contribution in [-0.4, -0.2) is 25.2 Å². The van der Waals surface area contributed by atoms with E-state index in [0.717, 1.165) is 11.3 Å². The fourth-order valence-electron chi connectivity index (χ4n) is 0.840. The molecule has 0 radical (unpaired) electrons. The number of sulfonamides is 1. The van der Waals surface area contributed by atoms with E-state index in [4.69, 9.17) is 10.2 Å². The normalized spacial score (nSPS) is 16.6. The van der Waals surface area contributed by atoms with Crippen molar-refractivity contribution in [2.75, 3.05) is 6.61 Å². The average molecular weight is 237 g/mol. The minimum Gasteiger partial charge on any atom is -0.393 e. The molecule has 0 aliphatic carbocycles. The van der Waals surface area contributed by atoms with Crippen LogP contribution in [0.4, 0.5) is 0 Å². The summed E-state index contributed by atoms with van der Waals surface area (Å²) in [6.07, 6.45) is 0.